The first-order valence-corrected chi connectivity index (χ1v) is 14.1. The SMILES string of the molecule is Cc1nc2c(c(=O)n1C(c1ccccc1)c1ccccc1)CN(Cc1ccc(C#Cc3ccccc3)s1)CC2. The van der Waals surface area contributed by atoms with Crippen LogP contribution in [-0.2, 0) is 19.5 Å². The van der Waals surface area contributed by atoms with Crippen molar-refractivity contribution in [1.82, 2.24) is 14.5 Å². The van der Waals surface area contributed by atoms with Crippen LogP contribution in [0, 0.1) is 18.8 Å². The smallest absolute Gasteiger partial charge is 0.259 e. The van der Waals surface area contributed by atoms with E-state index in [-0.39, 0.29) is 11.6 Å². The molecule has 0 saturated heterocycles. The topological polar surface area (TPSA) is 38.1 Å². The summed E-state index contributed by atoms with van der Waals surface area (Å²) in [5.74, 6) is 7.28. The molecule has 192 valence electrons. The number of aryl methyl sites for hydroxylation is 1. The monoisotopic (exact) mass is 527 g/mol. The zero-order valence-corrected chi connectivity index (χ0v) is 22.7. The predicted octanol–water partition coefficient (Wildman–Crippen LogP) is 6.21. The van der Waals surface area contributed by atoms with Gasteiger partial charge >= 0.3 is 0 Å². The first kappa shape index (κ1) is 25.1. The van der Waals surface area contributed by atoms with Crippen LogP contribution in [0.15, 0.2) is 108 Å². The van der Waals surface area contributed by atoms with E-state index >= 15 is 0 Å². The number of thiophene rings is 1. The van der Waals surface area contributed by atoms with Gasteiger partial charge in [0, 0.05) is 36.5 Å². The number of fused-ring (bicyclic) bond motifs is 1. The van der Waals surface area contributed by atoms with Crippen molar-refractivity contribution >= 4 is 11.3 Å². The third-order valence-electron chi connectivity index (χ3n) is 7.15. The third-order valence-corrected chi connectivity index (χ3v) is 8.14. The second-order valence-electron chi connectivity index (χ2n) is 9.83. The molecule has 0 radical (unpaired) electrons. The highest BCUT2D eigenvalue weighted by atomic mass is 32.1. The van der Waals surface area contributed by atoms with E-state index in [1.54, 1.807) is 11.3 Å². The summed E-state index contributed by atoms with van der Waals surface area (Å²) in [7, 11) is 0. The van der Waals surface area contributed by atoms with Crippen LogP contribution in [0.25, 0.3) is 0 Å². The van der Waals surface area contributed by atoms with Gasteiger partial charge in [-0.15, -0.1) is 11.3 Å². The number of nitrogens with zero attached hydrogens (tertiary/aromatic N) is 3. The molecule has 0 N–H and O–H groups in total. The first-order valence-electron chi connectivity index (χ1n) is 13.2. The minimum atomic E-state index is -0.226. The molecular formula is C34H29N3OS. The van der Waals surface area contributed by atoms with Crippen molar-refractivity contribution < 1.29 is 0 Å². The molecule has 0 fully saturated rings. The van der Waals surface area contributed by atoms with E-state index in [0.717, 1.165) is 58.2 Å². The van der Waals surface area contributed by atoms with Gasteiger partial charge in [-0.1, -0.05) is 90.7 Å². The molecule has 6 rings (SSSR count). The maximum Gasteiger partial charge on any atom is 0.259 e. The second kappa shape index (κ2) is 11.2. The third kappa shape index (κ3) is 5.49. The van der Waals surface area contributed by atoms with E-state index in [0.29, 0.717) is 6.54 Å². The zero-order chi connectivity index (χ0) is 26.6. The van der Waals surface area contributed by atoms with Crippen molar-refractivity contribution in [3.8, 4) is 11.8 Å². The molecule has 3 heterocycles. The molecule has 39 heavy (non-hydrogen) atoms. The molecule has 0 bridgehead atoms. The fraction of sp³-hybridized carbons (Fsp3) is 0.176. The second-order valence-corrected chi connectivity index (χ2v) is 11.0. The van der Waals surface area contributed by atoms with Crippen LogP contribution in [0.4, 0.5) is 0 Å². The van der Waals surface area contributed by atoms with E-state index in [1.807, 2.05) is 78.2 Å². The largest absolute Gasteiger partial charge is 0.293 e. The minimum absolute atomic E-state index is 0.0560. The number of hydrogen-bond donors (Lipinski definition) is 0. The first-order chi connectivity index (χ1) is 19.2. The van der Waals surface area contributed by atoms with E-state index in [1.165, 1.54) is 4.88 Å². The van der Waals surface area contributed by atoms with Crippen molar-refractivity contribution in [2.75, 3.05) is 6.54 Å². The van der Waals surface area contributed by atoms with Crippen LogP contribution < -0.4 is 5.56 Å². The van der Waals surface area contributed by atoms with E-state index in [4.69, 9.17) is 4.98 Å². The van der Waals surface area contributed by atoms with Gasteiger partial charge in [0.2, 0.25) is 0 Å². The molecule has 1 aliphatic rings. The summed E-state index contributed by atoms with van der Waals surface area (Å²) in [4.78, 5) is 23.8. The molecule has 5 aromatic rings. The Morgan fingerprint density at radius 3 is 2.15 bits per heavy atom. The normalized spacial score (nSPS) is 13.1. The average Bonchev–Trinajstić information content (AvgIpc) is 3.43. The summed E-state index contributed by atoms with van der Waals surface area (Å²) in [5.41, 5.74) is 4.97. The Morgan fingerprint density at radius 1 is 0.846 bits per heavy atom. The highest BCUT2D eigenvalue weighted by Crippen LogP contribution is 2.28. The van der Waals surface area contributed by atoms with E-state index < -0.39 is 0 Å². The summed E-state index contributed by atoms with van der Waals surface area (Å²) in [6, 6.07) is 34.5. The van der Waals surface area contributed by atoms with Crippen LogP contribution >= 0.6 is 11.3 Å². The Morgan fingerprint density at radius 2 is 1.49 bits per heavy atom. The van der Waals surface area contributed by atoms with Gasteiger partial charge in [-0.3, -0.25) is 14.3 Å². The summed E-state index contributed by atoms with van der Waals surface area (Å²) in [6.45, 7) is 4.23. The summed E-state index contributed by atoms with van der Waals surface area (Å²) < 4.78 is 1.88. The summed E-state index contributed by atoms with van der Waals surface area (Å²) >= 11 is 1.72. The molecular weight excluding hydrogens is 498 g/mol. The lowest BCUT2D eigenvalue weighted by molar-refractivity contribution is 0.242. The fourth-order valence-electron chi connectivity index (χ4n) is 5.27. The maximum atomic E-state index is 14.1. The molecule has 0 aliphatic carbocycles. The van der Waals surface area contributed by atoms with Gasteiger partial charge in [0.15, 0.2) is 0 Å². The van der Waals surface area contributed by atoms with Gasteiger partial charge < -0.3 is 0 Å². The van der Waals surface area contributed by atoms with Crippen LogP contribution in [0.1, 0.15) is 49.6 Å². The van der Waals surface area contributed by atoms with Crippen LogP contribution in [-0.4, -0.2) is 21.0 Å². The molecule has 0 saturated carbocycles. The van der Waals surface area contributed by atoms with Crippen molar-refractivity contribution in [3.05, 3.63) is 157 Å². The average molecular weight is 528 g/mol. The molecule has 5 heteroatoms. The Bertz CT molecular complexity index is 1660. The molecule has 0 unspecified atom stereocenters. The summed E-state index contributed by atoms with van der Waals surface area (Å²) in [5, 5.41) is 0. The zero-order valence-electron chi connectivity index (χ0n) is 21.9. The summed E-state index contributed by atoms with van der Waals surface area (Å²) in [6.07, 6.45) is 0.777. The van der Waals surface area contributed by atoms with Gasteiger partial charge in [-0.05, 0) is 42.3 Å². The number of hydrogen-bond acceptors (Lipinski definition) is 4. The highest BCUT2D eigenvalue weighted by molar-refractivity contribution is 7.12. The van der Waals surface area contributed by atoms with Gasteiger partial charge in [0.05, 0.1) is 22.2 Å². The Balaban J connectivity index is 1.28. The van der Waals surface area contributed by atoms with Gasteiger partial charge in [0.1, 0.15) is 5.82 Å². The number of rotatable bonds is 5. The molecule has 4 nitrogen and oxygen atoms in total. The van der Waals surface area contributed by atoms with E-state index in [2.05, 4.69) is 53.1 Å². The predicted molar refractivity (Wildman–Crippen MR) is 158 cm³/mol. The Kier molecular flexibility index (Phi) is 7.23. The van der Waals surface area contributed by atoms with Crippen molar-refractivity contribution in [1.29, 1.82) is 0 Å². The van der Waals surface area contributed by atoms with Gasteiger partial charge in [-0.25, -0.2) is 4.98 Å². The number of benzene rings is 3. The quantitative estimate of drug-likeness (QED) is 0.255. The lowest BCUT2D eigenvalue weighted by Gasteiger charge is -2.30. The lowest BCUT2D eigenvalue weighted by Crippen LogP contribution is -2.40. The fourth-order valence-corrected chi connectivity index (χ4v) is 6.17. The van der Waals surface area contributed by atoms with Crippen LogP contribution in [0.2, 0.25) is 0 Å². The number of aromatic nitrogens is 2. The van der Waals surface area contributed by atoms with E-state index in [9.17, 15) is 4.79 Å². The van der Waals surface area contributed by atoms with Crippen LogP contribution in [0.5, 0.6) is 0 Å². The maximum absolute atomic E-state index is 14.1. The Hall–Kier alpha value is -4.24. The van der Waals surface area contributed by atoms with Crippen LogP contribution in [0.3, 0.4) is 0 Å². The molecule has 0 spiro atoms. The lowest BCUT2D eigenvalue weighted by atomic mass is 9.97. The molecule has 0 atom stereocenters. The van der Waals surface area contributed by atoms with Crippen molar-refractivity contribution in [2.45, 2.75) is 32.5 Å². The highest BCUT2D eigenvalue weighted by Gasteiger charge is 2.27. The van der Waals surface area contributed by atoms with Gasteiger partial charge in [-0.2, -0.15) is 0 Å². The standard InChI is InChI=1S/C34H29N3OS/c1-25-35-32-21-22-36(23-30-20-19-29(39-30)18-17-26-11-5-2-6-12-26)24-31(32)34(38)37(25)33(27-13-7-3-8-14-27)28-15-9-4-10-16-28/h2-16,19-20,33H,21-24H2,1H3. The molecule has 2 aromatic heterocycles. The molecule has 3 aromatic carbocycles. The van der Waals surface area contributed by atoms with Crippen molar-refractivity contribution in [3.63, 3.8) is 0 Å². The van der Waals surface area contributed by atoms with Gasteiger partial charge in [0.25, 0.3) is 5.56 Å². The molecule has 1 aliphatic heterocycles. The minimum Gasteiger partial charge on any atom is -0.293 e. The van der Waals surface area contributed by atoms with Crippen molar-refractivity contribution in [2.24, 2.45) is 0 Å². The Labute approximate surface area is 233 Å². The molecule has 0 amide bonds.